The second-order valence-electron chi connectivity index (χ2n) is 3.89. The summed E-state index contributed by atoms with van der Waals surface area (Å²) in [6.45, 7) is 5.40. The molecule has 2 rings (SSSR count). The highest BCUT2D eigenvalue weighted by molar-refractivity contribution is 7.12. The molecule has 2 aromatic heterocycles. The van der Waals surface area contributed by atoms with Gasteiger partial charge in [-0.3, -0.25) is 0 Å². The highest BCUT2D eigenvalue weighted by Gasteiger charge is 2.07. The van der Waals surface area contributed by atoms with Crippen LogP contribution in [0.1, 0.15) is 35.2 Å². The van der Waals surface area contributed by atoms with Crippen LogP contribution in [-0.4, -0.2) is 0 Å². The molecule has 1 N–H and O–H groups in total. The molecule has 0 amide bonds. The lowest BCUT2D eigenvalue weighted by Crippen LogP contribution is -2.16. The highest BCUT2D eigenvalue weighted by atomic mass is 32.1. The standard InChI is InChI=1S/C13H17NS2/c1-3-12-4-5-13(16-12)10(2)14-8-11-6-7-15-9-11/h4-7,9-10,14H,3,8H2,1-2H3. The topological polar surface area (TPSA) is 12.0 Å². The molecule has 2 aromatic rings. The van der Waals surface area contributed by atoms with Crippen LogP contribution in [0, 0.1) is 0 Å². The van der Waals surface area contributed by atoms with E-state index in [0.717, 1.165) is 13.0 Å². The Hall–Kier alpha value is -0.640. The summed E-state index contributed by atoms with van der Waals surface area (Å²) in [7, 11) is 0. The summed E-state index contributed by atoms with van der Waals surface area (Å²) in [5.41, 5.74) is 1.38. The summed E-state index contributed by atoms with van der Waals surface area (Å²) in [6, 6.07) is 7.11. The summed E-state index contributed by atoms with van der Waals surface area (Å²) < 4.78 is 0. The van der Waals surface area contributed by atoms with Gasteiger partial charge in [-0.05, 0) is 47.9 Å². The van der Waals surface area contributed by atoms with Gasteiger partial charge in [0.15, 0.2) is 0 Å². The van der Waals surface area contributed by atoms with E-state index in [9.17, 15) is 0 Å². The molecule has 0 aliphatic heterocycles. The maximum atomic E-state index is 3.56. The van der Waals surface area contributed by atoms with E-state index in [4.69, 9.17) is 0 Å². The van der Waals surface area contributed by atoms with Crippen molar-refractivity contribution in [3.05, 3.63) is 44.3 Å². The smallest absolute Gasteiger partial charge is 0.0388 e. The molecule has 0 fully saturated rings. The molecule has 1 nitrogen and oxygen atoms in total. The number of rotatable bonds is 5. The lowest BCUT2D eigenvalue weighted by molar-refractivity contribution is 0.584. The van der Waals surface area contributed by atoms with Gasteiger partial charge in [-0.1, -0.05) is 6.92 Å². The fourth-order valence-corrected chi connectivity index (χ4v) is 3.23. The van der Waals surface area contributed by atoms with Crippen LogP contribution in [0.2, 0.25) is 0 Å². The second kappa shape index (κ2) is 5.62. The lowest BCUT2D eigenvalue weighted by Gasteiger charge is -2.11. The fourth-order valence-electron chi connectivity index (χ4n) is 1.58. The van der Waals surface area contributed by atoms with Gasteiger partial charge in [0.25, 0.3) is 0 Å². The van der Waals surface area contributed by atoms with Gasteiger partial charge in [0, 0.05) is 22.3 Å². The number of hydrogen-bond donors (Lipinski definition) is 1. The van der Waals surface area contributed by atoms with Gasteiger partial charge in [-0.15, -0.1) is 11.3 Å². The number of hydrogen-bond acceptors (Lipinski definition) is 3. The van der Waals surface area contributed by atoms with Crippen LogP contribution in [-0.2, 0) is 13.0 Å². The molecule has 1 atom stereocenters. The summed E-state index contributed by atoms with van der Waals surface area (Å²) in [4.78, 5) is 2.91. The quantitative estimate of drug-likeness (QED) is 0.839. The summed E-state index contributed by atoms with van der Waals surface area (Å²) in [5, 5.41) is 7.88. The van der Waals surface area contributed by atoms with Crippen LogP contribution in [0.15, 0.2) is 29.0 Å². The van der Waals surface area contributed by atoms with Gasteiger partial charge < -0.3 is 5.32 Å². The van der Waals surface area contributed by atoms with Crippen molar-refractivity contribution in [3.63, 3.8) is 0 Å². The molecule has 0 aliphatic carbocycles. The Bertz CT molecular complexity index is 417. The van der Waals surface area contributed by atoms with Gasteiger partial charge in [0.2, 0.25) is 0 Å². The third kappa shape index (κ3) is 2.94. The first-order valence-electron chi connectivity index (χ1n) is 5.62. The molecule has 0 aliphatic rings. The third-order valence-corrected chi connectivity index (χ3v) is 4.79. The number of thiophene rings is 2. The molecule has 0 saturated carbocycles. The molecule has 3 heteroatoms. The first-order valence-corrected chi connectivity index (χ1v) is 7.38. The predicted octanol–water partition coefficient (Wildman–Crippen LogP) is 4.22. The maximum Gasteiger partial charge on any atom is 0.0388 e. The largest absolute Gasteiger partial charge is 0.305 e. The van der Waals surface area contributed by atoms with E-state index in [1.807, 2.05) is 11.3 Å². The van der Waals surface area contributed by atoms with E-state index >= 15 is 0 Å². The Kier molecular flexibility index (Phi) is 4.16. The molecule has 0 radical (unpaired) electrons. The monoisotopic (exact) mass is 251 g/mol. The van der Waals surface area contributed by atoms with Crippen molar-refractivity contribution in [3.8, 4) is 0 Å². The normalized spacial score (nSPS) is 12.9. The predicted molar refractivity (Wildman–Crippen MR) is 73.3 cm³/mol. The van der Waals surface area contributed by atoms with Gasteiger partial charge in [-0.2, -0.15) is 11.3 Å². The Morgan fingerprint density at radius 1 is 1.31 bits per heavy atom. The zero-order valence-electron chi connectivity index (χ0n) is 9.69. The van der Waals surface area contributed by atoms with Gasteiger partial charge in [0.1, 0.15) is 0 Å². The van der Waals surface area contributed by atoms with Crippen LogP contribution in [0.5, 0.6) is 0 Å². The van der Waals surface area contributed by atoms with Crippen molar-refractivity contribution in [2.24, 2.45) is 0 Å². The molecule has 1 unspecified atom stereocenters. The molecule has 86 valence electrons. The van der Waals surface area contributed by atoms with Crippen molar-refractivity contribution in [2.45, 2.75) is 32.9 Å². The molecule has 0 bridgehead atoms. The summed E-state index contributed by atoms with van der Waals surface area (Å²) >= 11 is 3.68. The Balaban J connectivity index is 1.90. The van der Waals surface area contributed by atoms with Crippen LogP contribution in [0.4, 0.5) is 0 Å². The minimum absolute atomic E-state index is 0.449. The van der Waals surface area contributed by atoms with Crippen LogP contribution in [0.25, 0.3) is 0 Å². The van der Waals surface area contributed by atoms with Crippen LogP contribution >= 0.6 is 22.7 Å². The molecule has 0 aromatic carbocycles. The summed E-state index contributed by atoms with van der Waals surface area (Å²) in [5.74, 6) is 0. The minimum Gasteiger partial charge on any atom is -0.305 e. The van der Waals surface area contributed by atoms with Gasteiger partial charge in [0.05, 0.1) is 0 Å². The van der Waals surface area contributed by atoms with Crippen molar-refractivity contribution < 1.29 is 0 Å². The average Bonchev–Trinajstić information content (AvgIpc) is 2.96. The SMILES string of the molecule is CCc1ccc(C(C)NCc2ccsc2)s1. The summed E-state index contributed by atoms with van der Waals surface area (Å²) in [6.07, 6.45) is 1.14. The van der Waals surface area contributed by atoms with E-state index in [1.165, 1.54) is 15.3 Å². The molecule has 0 saturated heterocycles. The first-order chi connectivity index (χ1) is 7.79. The van der Waals surface area contributed by atoms with E-state index in [0.29, 0.717) is 6.04 Å². The molecular weight excluding hydrogens is 234 g/mol. The van der Waals surface area contributed by atoms with E-state index < -0.39 is 0 Å². The lowest BCUT2D eigenvalue weighted by atomic mass is 10.2. The zero-order chi connectivity index (χ0) is 11.4. The Labute approximate surface area is 105 Å². The Morgan fingerprint density at radius 3 is 2.81 bits per heavy atom. The Morgan fingerprint density at radius 2 is 2.19 bits per heavy atom. The van der Waals surface area contributed by atoms with E-state index in [-0.39, 0.29) is 0 Å². The molecular formula is C13H17NS2. The van der Waals surface area contributed by atoms with Crippen molar-refractivity contribution in [2.75, 3.05) is 0 Å². The fraction of sp³-hybridized carbons (Fsp3) is 0.385. The molecule has 16 heavy (non-hydrogen) atoms. The highest BCUT2D eigenvalue weighted by Crippen LogP contribution is 2.23. The van der Waals surface area contributed by atoms with Gasteiger partial charge in [-0.25, -0.2) is 0 Å². The van der Waals surface area contributed by atoms with Crippen LogP contribution in [0.3, 0.4) is 0 Å². The van der Waals surface area contributed by atoms with Crippen molar-refractivity contribution in [1.82, 2.24) is 5.32 Å². The van der Waals surface area contributed by atoms with Crippen LogP contribution < -0.4 is 5.32 Å². The van der Waals surface area contributed by atoms with Crippen molar-refractivity contribution in [1.29, 1.82) is 0 Å². The zero-order valence-corrected chi connectivity index (χ0v) is 11.3. The van der Waals surface area contributed by atoms with Crippen molar-refractivity contribution >= 4 is 22.7 Å². The third-order valence-electron chi connectivity index (χ3n) is 2.65. The molecule has 0 spiro atoms. The maximum absolute atomic E-state index is 3.56. The van der Waals surface area contributed by atoms with E-state index in [2.05, 4.69) is 48.1 Å². The molecule has 2 heterocycles. The van der Waals surface area contributed by atoms with E-state index in [1.54, 1.807) is 11.3 Å². The average molecular weight is 251 g/mol. The number of nitrogens with one attached hydrogen (secondary N) is 1. The minimum atomic E-state index is 0.449. The van der Waals surface area contributed by atoms with Gasteiger partial charge >= 0.3 is 0 Å². The first kappa shape index (κ1) is 11.8. The number of aryl methyl sites for hydroxylation is 1. The second-order valence-corrected chi connectivity index (χ2v) is 5.87.